The Hall–Kier alpha value is -3.46. The molecular formula is C24H28N8O. The minimum absolute atomic E-state index is 0.477. The van der Waals surface area contributed by atoms with Crippen molar-refractivity contribution < 1.29 is 4.74 Å². The van der Waals surface area contributed by atoms with Gasteiger partial charge in [-0.25, -0.2) is 9.67 Å². The highest BCUT2D eigenvalue weighted by atomic mass is 16.5. The van der Waals surface area contributed by atoms with Gasteiger partial charge in [-0.1, -0.05) is 25.0 Å². The van der Waals surface area contributed by atoms with Crippen LogP contribution in [0.15, 0.2) is 49.1 Å². The minimum Gasteiger partial charge on any atom is -0.378 e. The lowest BCUT2D eigenvalue weighted by Gasteiger charge is -2.27. The lowest BCUT2D eigenvalue weighted by atomic mass is 10.2. The van der Waals surface area contributed by atoms with E-state index in [4.69, 9.17) is 19.7 Å². The number of imidazole rings is 1. The van der Waals surface area contributed by atoms with Crippen LogP contribution in [0.4, 0.5) is 11.8 Å². The maximum absolute atomic E-state index is 5.53. The molecule has 6 rings (SSSR count). The molecule has 2 aliphatic rings. The van der Waals surface area contributed by atoms with Crippen LogP contribution in [0.5, 0.6) is 0 Å². The SMILES string of the molecule is c1cnn(-c2ccc(CNc3nc(N4CCOCC4)nc4c3ncn4C3CCCC3)cc2)c1. The number of benzene rings is 1. The lowest BCUT2D eigenvalue weighted by Crippen LogP contribution is -2.37. The van der Waals surface area contributed by atoms with Crippen molar-refractivity contribution in [2.45, 2.75) is 38.3 Å². The van der Waals surface area contributed by atoms with Crippen LogP contribution in [0.2, 0.25) is 0 Å². The fourth-order valence-corrected chi connectivity index (χ4v) is 4.76. The van der Waals surface area contributed by atoms with Gasteiger partial charge in [0.25, 0.3) is 0 Å². The van der Waals surface area contributed by atoms with Gasteiger partial charge in [0, 0.05) is 38.1 Å². The van der Waals surface area contributed by atoms with Gasteiger partial charge in [0.15, 0.2) is 17.0 Å². The van der Waals surface area contributed by atoms with Crippen LogP contribution in [0, 0.1) is 0 Å². The van der Waals surface area contributed by atoms with Gasteiger partial charge in [0.1, 0.15) is 0 Å². The van der Waals surface area contributed by atoms with Crippen LogP contribution in [0.1, 0.15) is 37.3 Å². The zero-order valence-electron chi connectivity index (χ0n) is 18.6. The van der Waals surface area contributed by atoms with Crippen LogP contribution < -0.4 is 10.2 Å². The molecular weight excluding hydrogens is 416 g/mol. The van der Waals surface area contributed by atoms with Crippen molar-refractivity contribution in [2.24, 2.45) is 0 Å². The Balaban J connectivity index is 1.29. The Bertz CT molecular complexity index is 1210. The normalized spacial score (nSPS) is 17.2. The standard InChI is InChI=1S/C24H28N8O/c1-2-5-19(4-1)31-17-26-21-22(28-24(29-23(21)31)30-12-14-33-15-13-30)25-16-18-6-8-20(9-7-18)32-11-3-10-27-32/h3,6-11,17,19H,1-2,4-5,12-16H2,(H,25,28,29). The summed E-state index contributed by atoms with van der Waals surface area (Å²) in [5, 5.41) is 7.83. The Morgan fingerprint density at radius 1 is 1.03 bits per heavy atom. The number of ether oxygens (including phenoxy) is 1. The maximum Gasteiger partial charge on any atom is 0.229 e. The van der Waals surface area contributed by atoms with E-state index in [0.717, 1.165) is 41.7 Å². The first kappa shape index (κ1) is 20.2. The Kier molecular flexibility index (Phi) is 5.39. The summed E-state index contributed by atoms with van der Waals surface area (Å²) in [4.78, 5) is 16.8. The van der Waals surface area contributed by atoms with Crippen molar-refractivity contribution >= 4 is 22.9 Å². The number of fused-ring (bicyclic) bond motifs is 1. The third-order valence-electron chi connectivity index (χ3n) is 6.59. The molecule has 1 aliphatic carbocycles. The molecule has 1 saturated heterocycles. The summed E-state index contributed by atoms with van der Waals surface area (Å²) >= 11 is 0. The molecule has 1 N–H and O–H groups in total. The monoisotopic (exact) mass is 444 g/mol. The molecule has 0 unspecified atom stereocenters. The van der Waals surface area contributed by atoms with Crippen LogP contribution in [-0.2, 0) is 11.3 Å². The molecule has 4 aromatic rings. The predicted octanol–water partition coefficient (Wildman–Crippen LogP) is 3.58. The second kappa shape index (κ2) is 8.82. The van der Waals surface area contributed by atoms with Gasteiger partial charge in [0.05, 0.1) is 25.2 Å². The van der Waals surface area contributed by atoms with E-state index in [9.17, 15) is 0 Å². The number of hydrogen-bond donors (Lipinski definition) is 1. The molecule has 4 heterocycles. The molecule has 1 saturated carbocycles. The van der Waals surface area contributed by atoms with E-state index in [0.29, 0.717) is 25.8 Å². The summed E-state index contributed by atoms with van der Waals surface area (Å²) < 4.78 is 9.65. The number of anilines is 2. The summed E-state index contributed by atoms with van der Waals surface area (Å²) in [5.41, 5.74) is 3.97. The van der Waals surface area contributed by atoms with Crippen molar-refractivity contribution in [2.75, 3.05) is 36.5 Å². The number of nitrogens with zero attached hydrogens (tertiary/aromatic N) is 7. The summed E-state index contributed by atoms with van der Waals surface area (Å²) in [7, 11) is 0. The van der Waals surface area contributed by atoms with E-state index in [1.54, 1.807) is 6.20 Å². The number of rotatable bonds is 6. The molecule has 1 aromatic carbocycles. The zero-order chi connectivity index (χ0) is 22.0. The van der Waals surface area contributed by atoms with Gasteiger partial charge in [0.2, 0.25) is 5.95 Å². The number of hydrogen-bond acceptors (Lipinski definition) is 7. The van der Waals surface area contributed by atoms with E-state index in [1.165, 1.54) is 31.2 Å². The third-order valence-corrected chi connectivity index (χ3v) is 6.59. The van der Waals surface area contributed by atoms with E-state index in [2.05, 4.69) is 44.1 Å². The first-order chi connectivity index (χ1) is 16.3. The average molecular weight is 445 g/mol. The van der Waals surface area contributed by atoms with Gasteiger partial charge < -0.3 is 19.5 Å². The molecule has 0 atom stereocenters. The third kappa shape index (κ3) is 4.04. The van der Waals surface area contributed by atoms with Gasteiger partial charge in [-0.3, -0.25) is 0 Å². The Morgan fingerprint density at radius 2 is 1.85 bits per heavy atom. The minimum atomic E-state index is 0.477. The first-order valence-corrected chi connectivity index (χ1v) is 11.8. The number of nitrogens with one attached hydrogen (secondary N) is 1. The van der Waals surface area contributed by atoms with E-state index >= 15 is 0 Å². The van der Waals surface area contributed by atoms with Crippen LogP contribution in [-0.4, -0.2) is 55.6 Å². The molecule has 0 spiro atoms. The van der Waals surface area contributed by atoms with Crippen molar-refractivity contribution in [1.82, 2.24) is 29.3 Å². The molecule has 0 amide bonds. The highest BCUT2D eigenvalue weighted by Crippen LogP contribution is 2.33. The molecule has 1 aliphatic heterocycles. The second-order valence-corrected chi connectivity index (χ2v) is 8.70. The zero-order valence-corrected chi connectivity index (χ0v) is 18.6. The molecule has 3 aromatic heterocycles. The van der Waals surface area contributed by atoms with E-state index < -0.39 is 0 Å². The second-order valence-electron chi connectivity index (χ2n) is 8.70. The average Bonchev–Trinajstić information content (AvgIpc) is 3.65. The van der Waals surface area contributed by atoms with Gasteiger partial charge >= 0.3 is 0 Å². The fourth-order valence-electron chi connectivity index (χ4n) is 4.76. The van der Waals surface area contributed by atoms with Crippen LogP contribution in [0.25, 0.3) is 16.9 Å². The predicted molar refractivity (Wildman–Crippen MR) is 127 cm³/mol. The molecule has 9 nitrogen and oxygen atoms in total. The van der Waals surface area contributed by atoms with E-state index in [-0.39, 0.29) is 0 Å². The summed E-state index contributed by atoms with van der Waals surface area (Å²) in [6.07, 6.45) is 10.6. The Labute approximate surface area is 192 Å². The van der Waals surface area contributed by atoms with Crippen molar-refractivity contribution in [3.05, 3.63) is 54.6 Å². The highest BCUT2D eigenvalue weighted by molar-refractivity contribution is 5.84. The Morgan fingerprint density at radius 3 is 2.61 bits per heavy atom. The highest BCUT2D eigenvalue weighted by Gasteiger charge is 2.23. The fraction of sp³-hybridized carbons (Fsp3) is 0.417. The first-order valence-electron chi connectivity index (χ1n) is 11.8. The maximum atomic E-state index is 5.53. The molecule has 170 valence electrons. The molecule has 33 heavy (non-hydrogen) atoms. The van der Waals surface area contributed by atoms with Crippen molar-refractivity contribution in [3.63, 3.8) is 0 Å². The number of aromatic nitrogens is 6. The smallest absolute Gasteiger partial charge is 0.229 e. The summed E-state index contributed by atoms with van der Waals surface area (Å²) in [5.74, 6) is 1.54. The van der Waals surface area contributed by atoms with Gasteiger partial charge in [-0.2, -0.15) is 15.1 Å². The largest absolute Gasteiger partial charge is 0.378 e. The quantitative estimate of drug-likeness (QED) is 0.486. The molecule has 9 heteroatoms. The lowest BCUT2D eigenvalue weighted by molar-refractivity contribution is 0.122. The van der Waals surface area contributed by atoms with Gasteiger partial charge in [-0.05, 0) is 36.6 Å². The molecule has 0 radical (unpaired) electrons. The number of morpholine rings is 1. The van der Waals surface area contributed by atoms with E-state index in [1.807, 2.05) is 23.3 Å². The van der Waals surface area contributed by atoms with Gasteiger partial charge in [-0.15, -0.1) is 0 Å². The van der Waals surface area contributed by atoms with Crippen molar-refractivity contribution in [1.29, 1.82) is 0 Å². The molecule has 2 fully saturated rings. The van der Waals surface area contributed by atoms with Crippen molar-refractivity contribution in [3.8, 4) is 5.69 Å². The van der Waals surface area contributed by atoms with Crippen LogP contribution >= 0.6 is 0 Å². The summed E-state index contributed by atoms with van der Waals surface area (Å²) in [6.45, 7) is 3.67. The topological polar surface area (TPSA) is 85.9 Å². The summed E-state index contributed by atoms with van der Waals surface area (Å²) in [6, 6.07) is 10.8. The van der Waals surface area contributed by atoms with Crippen LogP contribution in [0.3, 0.4) is 0 Å². The molecule has 0 bridgehead atoms.